The third kappa shape index (κ3) is 1.91. The molecule has 4 heteroatoms. The van der Waals surface area contributed by atoms with Crippen molar-refractivity contribution in [1.29, 1.82) is 0 Å². The Morgan fingerprint density at radius 2 is 1.90 bits per heavy atom. The molecule has 0 radical (unpaired) electrons. The van der Waals surface area contributed by atoms with E-state index in [0.717, 1.165) is 5.56 Å². The Balaban J connectivity index is 2.28. The van der Waals surface area contributed by atoms with Crippen LogP contribution < -0.4 is 0 Å². The van der Waals surface area contributed by atoms with Crippen LogP contribution >= 0.6 is 0 Å². The van der Waals surface area contributed by atoms with Gasteiger partial charge in [0.2, 0.25) is 0 Å². The molecular formula is C16H13NO3. The van der Waals surface area contributed by atoms with Crippen LogP contribution in [0.1, 0.15) is 10.4 Å². The van der Waals surface area contributed by atoms with Crippen molar-refractivity contribution >= 4 is 5.97 Å². The van der Waals surface area contributed by atoms with E-state index in [1.54, 1.807) is 18.3 Å². The van der Waals surface area contributed by atoms with Gasteiger partial charge in [-0.2, -0.15) is 0 Å². The molecule has 0 aliphatic rings. The minimum absolute atomic E-state index is 0.258. The Morgan fingerprint density at radius 1 is 1.15 bits per heavy atom. The zero-order valence-corrected chi connectivity index (χ0v) is 10.9. The van der Waals surface area contributed by atoms with Crippen LogP contribution in [0.5, 0.6) is 0 Å². The molecule has 100 valence electrons. The molecule has 2 aromatic heterocycles. The Bertz CT molecular complexity index is 740. The number of hydrogen-bond acceptors (Lipinski definition) is 2. The van der Waals surface area contributed by atoms with Crippen LogP contribution in [0, 0.1) is 0 Å². The number of aromatic carboxylic acids is 1. The Hall–Kier alpha value is -2.75. The van der Waals surface area contributed by atoms with E-state index in [1.807, 2.05) is 41.9 Å². The van der Waals surface area contributed by atoms with Gasteiger partial charge in [0.25, 0.3) is 0 Å². The lowest BCUT2D eigenvalue weighted by atomic mass is 10.0. The van der Waals surface area contributed by atoms with E-state index in [9.17, 15) is 9.90 Å². The average Bonchev–Trinajstić information content (AvgIpc) is 3.06. The molecule has 0 aliphatic heterocycles. The molecule has 3 aromatic rings. The lowest BCUT2D eigenvalue weighted by Gasteiger charge is -2.05. The topological polar surface area (TPSA) is 55.4 Å². The molecule has 3 rings (SSSR count). The second-order valence-corrected chi connectivity index (χ2v) is 4.53. The summed E-state index contributed by atoms with van der Waals surface area (Å²) in [7, 11) is 1.83. The summed E-state index contributed by atoms with van der Waals surface area (Å²) >= 11 is 0. The van der Waals surface area contributed by atoms with Gasteiger partial charge in [0.1, 0.15) is 5.76 Å². The Morgan fingerprint density at radius 3 is 2.50 bits per heavy atom. The van der Waals surface area contributed by atoms with Crippen molar-refractivity contribution in [2.24, 2.45) is 7.05 Å². The third-order valence-electron chi connectivity index (χ3n) is 3.23. The molecule has 4 nitrogen and oxygen atoms in total. The van der Waals surface area contributed by atoms with Crippen LogP contribution in [0.2, 0.25) is 0 Å². The molecule has 0 spiro atoms. The van der Waals surface area contributed by atoms with Crippen LogP contribution in [0.15, 0.2) is 59.3 Å². The minimum atomic E-state index is -0.962. The maximum Gasteiger partial charge on any atom is 0.338 e. The molecule has 0 bridgehead atoms. The summed E-state index contributed by atoms with van der Waals surface area (Å²) in [5.74, 6) is -0.406. The number of benzene rings is 1. The lowest BCUT2D eigenvalue weighted by molar-refractivity contribution is 0.0698. The molecule has 0 amide bonds. The van der Waals surface area contributed by atoms with Crippen molar-refractivity contribution in [1.82, 2.24) is 4.57 Å². The van der Waals surface area contributed by atoms with Gasteiger partial charge in [0.15, 0.2) is 0 Å². The summed E-state index contributed by atoms with van der Waals surface area (Å²) in [6, 6.07) is 13.0. The largest absolute Gasteiger partial charge is 0.478 e. The highest BCUT2D eigenvalue weighted by Gasteiger charge is 2.23. The average molecular weight is 267 g/mol. The third-order valence-corrected chi connectivity index (χ3v) is 3.23. The molecule has 0 atom stereocenters. The van der Waals surface area contributed by atoms with Crippen LogP contribution in [-0.4, -0.2) is 15.6 Å². The van der Waals surface area contributed by atoms with Crippen molar-refractivity contribution in [2.45, 2.75) is 0 Å². The highest BCUT2D eigenvalue weighted by molar-refractivity contribution is 6.02. The first-order valence-electron chi connectivity index (χ1n) is 6.20. The van der Waals surface area contributed by atoms with E-state index >= 15 is 0 Å². The van der Waals surface area contributed by atoms with Crippen molar-refractivity contribution < 1.29 is 14.3 Å². The molecule has 0 aliphatic carbocycles. The van der Waals surface area contributed by atoms with E-state index in [1.165, 1.54) is 6.26 Å². The van der Waals surface area contributed by atoms with Gasteiger partial charge in [-0.05, 0) is 17.7 Å². The fraction of sp³-hybridized carbons (Fsp3) is 0.0625. The summed E-state index contributed by atoms with van der Waals surface area (Å²) < 4.78 is 7.15. The first-order valence-corrected chi connectivity index (χ1v) is 6.20. The summed E-state index contributed by atoms with van der Waals surface area (Å²) in [5.41, 5.74) is 2.38. The van der Waals surface area contributed by atoms with Crippen molar-refractivity contribution in [2.75, 3.05) is 0 Å². The molecule has 20 heavy (non-hydrogen) atoms. The van der Waals surface area contributed by atoms with E-state index in [-0.39, 0.29) is 5.56 Å². The van der Waals surface area contributed by atoms with Gasteiger partial charge in [-0.3, -0.25) is 0 Å². The number of carbonyl (C=O) groups is 1. The van der Waals surface area contributed by atoms with E-state index in [0.29, 0.717) is 17.0 Å². The zero-order chi connectivity index (χ0) is 14.1. The van der Waals surface area contributed by atoms with E-state index < -0.39 is 5.97 Å². The number of carboxylic acid groups (broad SMARTS) is 1. The molecule has 0 saturated carbocycles. The Kier molecular flexibility index (Phi) is 2.91. The SMILES string of the molecule is Cn1cc(-c2ccco2)c(C(=O)O)c1-c1ccccc1. The number of aryl methyl sites for hydroxylation is 1. The van der Waals surface area contributed by atoms with Crippen molar-refractivity contribution in [3.63, 3.8) is 0 Å². The second kappa shape index (κ2) is 4.74. The summed E-state index contributed by atoms with van der Waals surface area (Å²) in [6.45, 7) is 0. The number of rotatable bonds is 3. The number of nitrogens with zero attached hydrogens (tertiary/aromatic N) is 1. The smallest absolute Gasteiger partial charge is 0.338 e. The summed E-state index contributed by atoms with van der Waals surface area (Å²) in [4.78, 5) is 11.7. The molecule has 0 fully saturated rings. The molecule has 1 aromatic carbocycles. The zero-order valence-electron chi connectivity index (χ0n) is 10.9. The maximum atomic E-state index is 11.7. The quantitative estimate of drug-likeness (QED) is 0.788. The summed E-state index contributed by atoms with van der Waals surface area (Å²) in [6.07, 6.45) is 3.32. The van der Waals surface area contributed by atoms with E-state index in [4.69, 9.17) is 4.42 Å². The highest BCUT2D eigenvalue weighted by Crippen LogP contribution is 2.34. The highest BCUT2D eigenvalue weighted by atomic mass is 16.4. The summed E-state index contributed by atoms with van der Waals surface area (Å²) in [5, 5.41) is 9.56. The van der Waals surface area contributed by atoms with Gasteiger partial charge in [-0.25, -0.2) is 4.79 Å². The van der Waals surface area contributed by atoms with Gasteiger partial charge >= 0.3 is 5.97 Å². The first kappa shape index (κ1) is 12.3. The predicted octanol–water partition coefficient (Wildman–Crippen LogP) is 3.65. The molecule has 2 heterocycles. The van der Waals surface area contributed by atoms with Gasteiger partial charge < -0.3 is 14.1 Å². The van der Waals surface area contributed by atoms with Gasteiger partial charge in [0, 0.05) is 13.2 Å². The Labute approximate surface area is 115 Å². The van der Waals surface area contributed by atoms with Crippen LogP contribution in [0.3, 0.4) is 0 Å². The normalized spacial score (nSPS) is 10.7. The van der Waals surface area contributed by atoms with Crippen LogP contribution in [0.25, 0.3) is 22.6 Å². The molecule has 0 saturated heterocycles. The number of furan rings is 1. The molecule has 0 unspecified atom stereocenters. The predicted molar refractivity (Wildman–Crippen MR) is 75.5 cm³/mol. The first-order chi connectivity index (χ1) is 9.68. The minimum Gasteiger partial charge on any atom is -0.478 e. The number of carboxylic acids is 1. The monoisotopic (exact) mass is 267 g/mol. The van der Waals surface area contributed by atoms with Crippen LogP contribution in [-0.2, 0) is 7.05 Å². The maximum absolute atomic E-state index is 11.7. The molecule has 1 N–H and O–H groups in total. The number of aromatic nitrogens is 1. The van der Waals surface area contributed by atoms with Crippen molar-refractivity contribution in [3.8, 4) is 22.6 Å². The molecular weight excluding hydrogens is 254 g/mol. The van der Waals surface area contributed by atoms with Crippen molar-refractivity contribution in [3.05, 3.63) is 60.5 Å². The fourth-order valence-corrected chi connectivity index (χ4v) is 2.41. The second-order valence-electron chi connectivity index (χ2n) is 4.53. The standard InChI is InChI=1S/C16H13NO3/c1-17-10-12(13-8-5-9-20-13)14(16(18)19)15(17)11-6-3-2-4-7-11/h2-10H,1H3,(H,18,19). The van der Waals surface area contributed by atoms with Gasteiger partial charge in [-0.15, -0.1) is 0 Å². The fourth-order valence-electron chi connectivity index (χ4n) is 2.41. The van der Waals surface area contributed by atoms with Gasteiger partial charge in [0.05, 0.1) is 23.1 Å². The van der Waals surface area contributed by atoms with Crippen LogP contribution in [0.4, 0.5) is 0 Å². The number of hydrogen-bond donors (Lipinski definition) is 1. The van der Waals surface area contributed by atoms with E-state index in [2.05, 4.69) is 0 Å². The lowest BCUT2D eigenvalue weighted by Crippen LogP contribution is -2.01. The van der Waals surface area contributed by atoms with Gasteiger partial charge in [-0.1, -0.05) is 30.3 Å².